The Bertz CT molecular complexity index is 3200. The Morgan fingerprint density at radius 3 is 1.82 bits per heavy atom. The molecule has 0 radical (unpaired) electrons. The van der Waals surface area contributed by atoms with Crippen LogP contribution in [0.5, 0.6) is 11.5 Å². The molecule has 328 valence electrons. The van der Waals surface area contributed by atoms with Crippen LogP contribution < -0.4 is 26.7 Å². The predicted octanol–water partition coefficient (Wildman–Crippen LogP) is 14.5. The maximum absolute atomic E-state index is 6.90. The number of rotatable bonds is 9. The number of para-hydroxylation sites is 2. The Kier molecular flexibility index (Phi) is 11.0. The van der Waals surface area contributed by atoms with Crippen LogP contribution in [0.1, 0.15) is 51.3 Å². The van der Waals surface area contributed by atoms with E-state index in [0.717, 1.165) is 34.4 Å². The molecule has 5 nitrogen and oxygen atoms in total. The van der Waals surface area contributed by atoms with Crippen molar-refractivity contribution in [2.24, 2.45) is 0 Å². The van der Waals surface area contributed by atoms with Crippen LogP contribution in [-0.2, 0) is 10.8 Å². The van der Waals surface area contributed by atoms with Crippen LogP contribution in [0, 0.1) is 0 Å². The first-order valence-electron chi connectivity index (χ1n) is 23.0. The first-order chi connectivity index (χ1) is 32.6. The molecular weight excluding hydrogens is 932 g/mol. The molecule has 2 aliphatic rings. The SMILES string of the molecule is CC(C)(C)c1ccc2c(c1)N(c1c(-c3ccccc3)cccc1-c1ccccc1)CN2c1cccc(Oc2ccc3c(c2)N(c2cc(C(C)(C)c4ccccc4)ccn2)c2ccccc2[Te]3)c1. The number of anilines is 7. The quantitative estimate of drug-likeness (QED) is 0.135. The van der Waals surface area contributed by atoms with Gasteiger partial charge in [0.25, 0.3) is 0 Å². The third kappa shape index (κ3) is 8.05. The van der Waals surface area contributed by atoms with Crippen LogP contribution in [0.2, 0.25) is 0 Å². The van der Waals surface area contributed by atoms with Crippen molar-refractivity contribution in [3.8, 4) is 33.8 Å². The molecule has 0 bridgehead atoms. The average Bonchev–Trinajstić information content (AvgIpc) is 3.75. The van der Waals surface area contributed by atoms with Crippen molar-refractivity contribution >= 4 is 68.1 Å². The second-order valence-electron chi connectivity index (χ2n) is 18.9. The van der Waals surface area contributed by atoms with Crippen molar-refractivity contribution in [2.75, 3.05) is 21.4 Å². The molecule has 0 unspecified atom stereocenters. The summed E-state index contributed by atoms with van der Waals surface area (Å²) < 4.78 is 9.65. The fraction of sp³-hybridized carbons (Fsp3) is 0.131. The van der Waals surface area contributed by atoms with Crippen LogP contribution in [0.15, 0.2) is 212 Å². The molecule has 67 heavy (non-hydrogen) atoms. The van der Waals surface area contributed by atoms with E-state index < -0.39 is 20.9 Å². The van der Waals surface area contributed by atoms with Crippen LogP contribution >= 0.6 is 0 Å². The molecule has 0 fully saturated rings. The number of benzene rings is 8. The zero-order chi connectivity index (χ0) is 45.7. The van der Waals surface area contributed by atoms with E-state index in [1.54, 1.807) is 0 Å². The number of ether oxygens (including phenoxy) is 1. The molecule has 0 spiro atoms. The molecule has 0 amide bonds. The van der Waals surface area contributed by atoms with E-state index in [-0.39, 0.29) is 10.8 Å². The summed E-state index contributed by atoms with van der Waals surface area (Å²) in [4.78, 5) is 12.3. The van der Waals surface area contributed by atoms with Gasteiger partial charge in [-0.2, -0.15) is 0 Å². The van der Waals surface area contributed by atoms with E-state index in [1.165, 1.54) is 63.2 Å². The predicted molar refractivity (Wildman–Crippen MR) is 281 cm³/mol. The van der Waals surface area contributed by atoms with Crippen molar-refractivity contribution in [3.63, 3.8) is 0 Å². The Balaban J connectivity index is 0.968. The normalized spacial score (nSPS) is 13.2. The van der Waals surface area contributed by atoms with E-state index in [2.05, 4.69) is 256 Å². The molecule has 0 saturated heterocycles. The van der Waals surface area contributed by atoms with Gasteiger partial charge in [0.05, 0.1) is 0 Å². The summed E-state index contributed by atoms with van der Waals surface area (Å²) in [5.41, 5.74) is 15.2. The van der Waals surface area contributed by atoms with Gasteiger partial charge in [0, 0.05) is 11.1 Å². The minimum absolute atomic E-state index is 0.0322. The molecule has 1 aromatic heterocycles. The number of hydrogen-bond acceptors (Lipinski definition) is 5. The molecule has 3 heterocycles. The molecule has 9 aromatic rings. The van der Waals surface area contributed by atoms with Gasteiger partial charge in [0.2, 0.25) is 0 Å². The Labute approximate surface area is 405 Å². The summed E-state index contributed by atoms with van der Waals surface area (Å²) in [5.74, 6) is 2.47. The van der Waals surface area contributed by atoms with Gasteiger partial charge in [-0.15, -0.1) is 0 Å². The Morgan fingerprint density at radius 1 is 0.463 bits per heavy atom. The van der Waals surface area contributed by atoms with Crippen molar-refractivity contribution in [3.05, 3.63) is 229 Å². The van der Waals surface area contributed by atoms with Gasteiger partial charge in [-0.1, -0.05) is 99.6 Å². The molecule has 0 atom stereocenters. The first kappa shape index (κ1) is 42.5. The third-order valence-corrected chi connectivity index (χ3v) is 16.5. The van der Waals surface area contributed by atoms with E-state index in [9.17, 15) is 0 Å². The van der Waals surface area contributed by atoms with Gasteiger partial charge < -0.3 is 0 Å². The first-order valence-corrected chi connectivity index (χ1v) is 25.4. The Morgan fingerprint density at radius 2 is 1.10 bits per heavy atom. The monoisotopic (exact) mass is 986 g/mol. The van der Waals surface area contributed by atoms with Crippen molar-refractivity contribution in [1.82, 2.24) is 4.98 Å². The van der Waals surface area contributed by atoms with Crippen molar-refractivity contribution in [1.29, 1.82) is 0 Å². The van der Waals surface area contributed by atoms with E-state index >= 15 is 0 Å². The number of fused-ring (bicyclic) bond motifs is 3. The van der Waals surface area contributed by atoms with Crippen LogP contribution in [0.4, 0.5) is 39.9 Å². The van der Waals surface area contributed by atoms with E-state index in [1.807, 2.05) is 6.20 Å². The zero-order valence-corrected chi connectivity index (χ0v) is 40.9. The summed E-state index contributed by atoms with van der Waals surface area (Å²) in [6, 6.07) is 74.4. The number of pyridine rings is 1. The molecule has 0 N–H and O–H groups in total. The van der Waals surface area contributed by atoms with Gasteiger partial charge in [-0.05, 0) is 22.1 Å². The number of hydrogen-bond donors (Lipinski definition) is 0. The minimum atomic E-state index is -0.656. The van der Waals surface area contributed by atoms with E-state index in [4.69, 9.17) is 9.72 Å². The second kappa shape index (κ2) is 17.3. The molecule has 8 aromatic carbocycles. The fourth-order valence-corrected chi connectivity index (χ4v) is 12.5. The summed E-state index contributed by atoms with van der Waals surface area (Å²) in [6.45, 7) is 12.1. The summed E-state index contributed by atoms with van der Waals surface area (Å²) >= 11 is -0.656. The molecule has 2 aliphatic heterocycles. The fourth-order valence-electron chi connectivity index (χ4n) is 9.52. The van der Waals surface area contributed by atoms with Gasteiger partial charge in [0.1, 0.15) is 0 Å². The molecular formula is C61H52N4OTe. The van der Waals surface area contributed by atoms with Gasteiger partial charge in [0.15, 0.2) is 0 Å². The van der Waals surface area contributed by atoms with Gasteiger partial charge in [-0.25, -0.2) is 0 Å². The van der Waals surface area contributed by atoms with Crippen molar-refractivity contribution in [2.45, 2.75) is 45.4 Å². The summed E-state index contributed by atoms with van der Waals surface area (Å²) in [5, 5.41) is 0. The Hall–Kier alpha value is -7.10. The number of aromatic nitrogens is 1. The molecule has 0 saturated carbocycles. The van der Waals surface area contributed by atoms with Crippen LogP contribution in [-0.4, -0.2) is 32.6 Å². The summed E-state index contributed by atoms with van der Waals surface area (Å²) in [7, 11) is 0. The topological polar surface area (TPSA) is 31.8 Å². The average molecular weight is 985 g/mol. The van der Waals surface area contributed by atoms with Gasteiger partial charge >= 0.3 is 275 Å². The third-order valence-electron chi connectivity index (χ3n) is 13.2. The van der Waals surface area contributed by atoms with E-state index in [0.29, 0.717) is 6.67 Å². The zero-order valence-electron chi connectivity index (χ0n) is 38.5. The maximum atomic E-state index is 6.90. The molecule has 0 aliphatic carbocycles. The van der Waals surface area contributed by atoms with Crippen LogP contribution in [0.25, 0.3) is 22.3 Å². The van der Waals surface area contributed by atoms with Crippen LogP contribution in [0.3, 0.4) is 0 Å². The molecule has 6 heteroatoms. The van der Waals surface area contributed by atoms with Crippen molar-refractivity contribution < 1.29 is 4.74 Å². The standard InChI is InChI=1S/C61H52N4OTe/c1-60(2,3)45-31-33-52-54(37-45)64(59-50(42-19-9-6-10-20-42)27-18-28-51(59)43-21-11-7-12-22-43)41-63(52)47-25-17-26-48(39-47)66-49-32-34-57-55(40-49)65(53-29-15-16-30-56(53)67-57)58-38-46(35-36-62-58)61(4,5)44-23-13-8-14-24-44/h6-40H,41H2,1-5H3. The molecule has 11 rings (SSSR count). The summed E-state index contributed by atoms with van der Waals surface area (Å²) in [6.07, 6.45) is 1.96. The second-order valence-corrected chi connectivity index (χ2v) is 22.0. The van der Waals surface area contributed by atoms with Gasteiger partial charge in [-0.3, -0.25) is 0 Å². The number of nitrogens with zero attached hydrogens (tertiary/aromatic N) is 4.